The molecular formula is C22H23N5O4S2. The van der Waals surface area contributed by atoms with Crippen LogP contribution < -0.4 is 10.6 Å². The zero-order valence-corrected chi connectivity index (χ0v) is 20.0. The van der Waals surface area contributed by atoms with Gasteiger partial charge in [-0.1, -0.05) is 18.2 Å². The van der Waals surface area contributed by atoms with Crippen molar-refractivity contribution in [2.45, 2.75) is 35.4 Å². The van der Waals surface area contributed by atoms with E-state index in [0.717, 1.165) is 11.3 Å². The Labute approximate surface area is 195 Å². The normalized spacial score (nSPS) is 15.5. The summed E-state index contributed by atoms with van der Waals surface area (Å²) < 4.78 is 26.3. The fourth-order valence-corrected chi connectivity index (χ4v) is 6.40. The fourth-order valence-electron chi connectivity index (χ4n) is 3.50. The molecule has 3 aromatic rings. The summed E-state index contributed by atoms with van der Waals surface area (Å²) in [4.78, 5) is 34.9. The van der Waals surface area contributed by atoms with Crippen molar-refractivity contribution >= 4 is 39.1 Å². The van der Waals surface area contributed by atoms with E-state index in [2.05, 4.69) is 20.6 Å². The standard InChI is InChI=1S/C22H23N5O4S2/c1-14-6-4-5-7-17(14)33(30,31)18-9-8-16(32-18)15-10-11-23-20(25-15)24-12-13-27-21(29)26-19(28)22(27,2)3/h4-11H,12-13H2,1-3H3,(H,23,24,25)(H,26,28,29). The number of imide groups is 1. The van der Waals surface area contributed by atoms with E-state index in [1.54, 1.807) is 69.4 Å². The van der Waals surface area contributed by atoms with Gasteiger partial charge in [-0.2, -0.15) is 0 Å². The second kappa shape index (κ2) is 8.56. The van der Waals surface area contributed by atoms with Crippen LogP contribution in [0.2, 0.25) is 0 Å². The van der Waals surface area contributed by atoms with Gasteiger partial charge in [-0.25, -0.2) is 23.2 Å². The van der Waals surface area contributed by atoms with Crippen LogP contribution in [0.3, 0.4) is 0 Å². The van der Waals surface area contributed by atoms with Gasteiger partial charge in [-0.3, -0.25) is 10.1 Å². The largest absolute Gasteiger partial charge is 0.352 e. The molecule has 11 heteroatoms. The predicted molar refractivity (Wildman–Crippen MR) is 125 cm³/mol. The quantitative estimate of drug-likeness (QED) is 0.493. The molecule has 2 N–H and O–H groups in total. The number of amides is 3. The van der Waals surface area contributed by atoms with Crippen LogP contribution in [-0.2, 0) is 14.6 Å². The van der Waals surface area contributed by atoms with Crippen molar-refractivity contribution < 1.29 is 18.0 Å². The highest BCUT2D eigenvalue weighted by molar-refractivity contribution is 7.93. The van der Waals surface area contributed by atoms with Crippen molar-refractivity contribution in [1.82, 2.24) is 20.2 Å². The van der Waals surface area contributed by atoms with Crippen molar-refractivity contribution in [2.75, 3.05) is 18.4 Å². The third kappa shape index (κ3) is 4.33. The van der Waals surface area contributed by atoms with E-state index in [9.17, 15) is 18.0 Å². The third-order valence-electron chi connectivity index (χ3n) is 5.45. The van der Waals surface area contributed by atoms with Crippen LogP contribution in [-0.4, -0.2) is 53.9 Å². The summed E-state index contributed by atoms with van der Waals surface area (Å²) in [6.45, 7) is 5.76. The Hall–Kier alpha value is -3.31. The Morgan fingerprint density at radius 2 is 1.88 bits per heavy atom. The first kappa shape index (κ1) is 22.9. The molecule has 172 valence electrons. The van der Waals surface area contributed by atoms with Crippen LogP contribution in [0.4, 0.5) is 10.7 Å². The number of rotatable bonds is 7. The maximum atomic E-state index is 13.0. The van der Waals surface area contributed by atoms with Crippen molar-refractivity contribution in [1.29, 1.82) is 0 Å². The molecule has 0 bridgehead atoms. The summed E-state index contributed by atoms with van der Waals surface area (Å²) in [6.07, 6.45) is 1.58. The topological polar surface area (TPSA) is 121 Å². The van der Waals surface area contributed by atoms with Crippen LogP contribution in [0.25, 0.3) is 10.6 Å². The summed E-state index contributed by atoms with van der Waals surface area (Å²) in [5.74, 6) is 0.00726. The Morgan fingerprint density at radius 3 is 2.58 bits per heavy atom. The van der Waals surface area contributed by atoms with Gasteiger partial charge in [-0.15, -0.1) is 11.3 Å². The maximum Gasteiger partial charge on any atom is 0.325 e. The molecule has 1 saturated heterocycles. The van der Waals surface area contributed by atoms with Crippen LogP contribution in [0.15, 0.2) is 57.8 Å². The van der Waals surface area contributed by atoms with E-state index in [-0.39, 0.29) is 21.6 Å². The van der Waals surface area contributed by atoms with Gasteiger partial charge in [0.2, 0.25) is 15.8 Å². The summed E-state index contributed by atoms with van der Waals surface area (Å²) in [7, 11) is -3.62. The van der Waals surface area contributed by atoms with Gasteiger partial charge in [0, 0.05) is 19.3 Å². The minimum atomic E-state index is -3.62. The van der Waals surface area contributed by atoms with Crippen LogP contribution >= 0.6 is 11.3 Å². The van der Waals surface area contributed by atoms with Crippen LogP contribution in [0.5, 0.6) is 0 Å². The minimum absolute atomic E-state index is 0.242. The lowest BCUT2D eigenvalue weighted by Crippen LogP contribution is -2.46. The number of aromatic nitrogens is 2. The molecule has 1 fully saturated rings. The Kier molecular flexibility index (Phi) is 5.93. The summed E-state index contributed by atoms with van der Waals surface area (Å²) in [5, 5.41) is 5.36. The SMILES string of the molecule is Cc1ccccc1S(=O)(=O)c1ccc(-c2ccnc(NCCN3C(=O)NC(=O)C3(C)C)n2)s1. The number of nitrogens with zero attached hydrogens (tertiary/aromatic N) is 3. The number of hydrogen-bond acceptors (Lipinski definition) is 8. The second-order valence-corrected chi connectivity index (χ2v) is 11.3. The predicted octanol–water partition coefficient (Wildman–Crippen LogP) is 3.09. The average Bonchev–Trinajstić information content (AvgIpc) is 3.34. The maximum absolute atomic E-state index is 13.0. The molecule has 3 heterocycles. The number of thiophene rings is 1. The molecule has 4 rings (SSSR count). The van der Waals surface area contributed by atoms with Crippen LogP contribution in [0.1, 0.15) is 19.4 Å². The average molecular weight is 486 g/mol. The van der Waals surface area contributed by atoms with Crippen molar-refractivity contribution in [3.05, 3.63) is 54.2 Å². The third-order valence-corrected chi connectivity index (χ3v) is 8.97. The first-order chi connectivity index (χ1) is 15.6. The number of carbonyl (C=O) groups excluding carboxylic acids is 2. The van der Waals surface area contributed by atoms with E-state index >= 15 is 0 Å². The highest BCUT2D eigenvalue weighted by atomic mass is 32.2. The van der Waals surface area contributed by atoms with Gasteiger partial charge >= 0.3 is 6.03 Å². The number of sulfone groups is 1. The molecule has 0 saturated carbocycles. The molecule has 2 aromatic heterocycles. The zero-order chi connectivity index (χ0) is 23.8. The molecular weight excluding hydrogens is 462 g/mol. The smallest absolute Gasteiger partial charge is 0.325 e. The number of nitrogens with one attached hydrogen (secondary N) is 2. The highest BCUT2D eigenvalue weighted by Crippen LogP contribution is 2.34. The van der Waals surface area contributed by atoms with Gasteiger partial charge in [0.25, 0.3) is 5.91 Å². The van der Waals surface area contributed by atoms with Crippen molar-refractivity contribution in [2.24, 2.45) is 0 Å². The molecule has 9 nitrogen and oxygen atoms in total. The van der Waals surface area contributed by atoms with Crippen LogP contribution in [0, 0.1) is 6.92 Å². The van der Waals surface area contributed by atoms with Gasteiger partial charge in [-0.05, 0) is 50.6 Å². The zero-order valence-electron chi connectivity index (χ0n) is 18.3. The molecule has 0 aliphatic carbocycles. The lowest BCUT2D eigenvalue weighted by atomic mass is 10.0. The first-order valence-corrected chi connectivity index (χ1v) is 12.5. The Bertz CT molecular complexity index is 1330. The second-order valence-electron chi connectivity index (χ2n) is 8.05. The molecule has 0 unspecified atom stereocenters. The fraction of sp³-hybridized carbons (Fsp3) is 0.273. The first-order valence-electron chi connectivity index (χ1n) is 10.2. The number of aryl methyl sites for hydroxylation is 1. The molecule has 33 heavy (non-hydrogen) atoms. The Balaban J connectivity index is 1.48. The molecule has 0 spiro atoms. The van der Waals surface area contributed by atoms with E-state index < -0.39 is 21.4 Å². The molecule has 0 radical (unpaired) electrons. The number of benzene rings is 1. The van der Waals surface area contributed by atoms with Gasteiger partial charge in [0.15, 0.2) is 0 Å². The molecule has 1 aromatic carbocycles. The van der Waals surface area contributed by atoms with E-state index in [0.29, 0.717) is 28.6 Å². The summed E-state index contributed by atoms with van der Waals surface area (Å²) in [5.41, 5.74) is 0.355. The van der Waals surface area contributed by atoms with Gasteiger partial charge in [0.05, 0.1) is 15.5 Å². The number of urea groups is 1. The highest BCUT2D eigenvalue weighted by Gasteiger charge is 2.45. The number of anilines is 1. The minimum Gasteiger partial charge on any atom is -0.352 e. The molecule has 3 amide bonds. The number of carbonyl (C=O) groups is 2. The molecule has 1 aliphatic rings. The number of hydrogen-bond donors (Lipinski definition) is 2. The molecule has 1 aliphatic heterocycles. The van der Waals surface area contributed by atoms with E-state index in [1.165, 1.54) is 4.90 Å². The van der Waals surface area contributed by atoms with E-state index in [4.69, 9.17) is 0 Å². The van der Waals surface area contributed by atoms with Crippen molar-refractivity contribution in [3.63, 3.8) is 0 Å². The molecule has 0 atom stereocenters. The lowest BCUT2D eigenvalue weighted by molar-refractivity contribution is -0.125. The van der Waals surface area contributed by atoms with Gasteiger partial charge in [0.1, 0.15) is 9.75 Å². The van der Waals surface area contributed by atoms with E-state index in [1.807, 2.05) is 0 Å². The van der Waals surface area contributed by atoms with Gasteiger partial charge < -0.3 is 10.2 Å². The van der Waals surface area contributed by atoms with Crippen molar-refractivity contribution in [3.8, 4) is 10.6 Å². The summed E-state index contributed by atoms with van der Waals surface area (Å²) >= 11 is 1.15. The lowest BCUT2D eigenvalue weighted by Gasteiger charge is -2.27. The Morgan fingerprint density at radius 1 is 1.12 bits per heavy atom. The monoisotopic (exact) mass is 485 g/mol. The summed E-state index contributed by atoms with van der Waals surface area (Å²) in [6, 6.07) is 11.5.